The first-order valence-electron chi connectivity index (χ1n) is 6.54. The predicted molar refractivity (Wildman–Crippen MR) is 89.0 cm³/mol. The predicted octanol–water partition coefficient (Wildman–Crippen LogP) is 3.91. The molecule has 0 unspecified atom stereocenters. The van der Waals surface area contributed by atoms with Gasteiger partial charge in [0.1, 0.15) is 0 Å². The molecule has 0 N–H and O–H groups in total. The maximum atomic E-state index is 12.7. The normalized spacial score (nSPS) is 11.9. The molecule has 3 aromatic rings. The third-order valence-corrected chi connectivity index (χ3v) is 5.60. The number of para-hydroxylation sites is 1. The van der Waals surface area contributed by atoms with E-state index in [2.05, 4.69) is 15.9 Å². The Labute approximate surface area is 132 Å². The quantitative estimate of drug-likeness (QED) is 0.659. The van der Waals surface area contributed by atoms with E-state index < -0.39 is 10.0 Å². The molecule has 0 amide bonds. The van der Waals surface area contributed by atoms with E-state index in [4.69, 9.17) is 0 Å². The van der Waals surface area contributed by atoms with Crippen molar-refractivity contribution in [3.8, 4) is 0 Å². The van der Waals surface area contributed by atoms with Crippen molar-refractivity contribution in [2.75, 3.05) is 0 Å². The van der Waals surface area contributed by atoms with E-state index in [0.717, 1.165) is 22.0 Å². The Kier molecular flexibility index (Phi) is 3.87. The second kappa shape index (κ2) is 5.66. The molecule has 21 heavy (non-hydrogen) atoms. The molecule has 0 aliphatic rings. The van der Waals surface area contributed by atoms with Gasteiger partial charge in [0.05, 0.1) is 11.3 Å². The van der Waals surface area contributed by atoms with E-state index in [1.165, 1.54) is 3.97 Å². The summed E-state index contributed by atoms with van der Waals surface area (Å²) in [5.74, 6) is -0.00571. The van der Waals surface area contributed by atoms with Crippen molar-refractivity contribution in [3.05, 3.63) is 71.9 Å². The molecule has 0 spiro atoms. The number of rotatable bonds is 4. The van der Waals surface area contributed by atoms with Crippen LogP contribution in [0.15, 0.2) is 60.8 Å². The summed E-state index contributed by atoms with van der Waals surface area (Å²) in [6.45, 7) is 0. The SMILES string of the molecule is O=S(=O)(Cc1ccccc1)n1cc(CBr)c2ccccc21. The van der Waals surface area contributed by atoms with Crippen molar-refractivity contribution >= 4 is 36.9 Å². The van der Waals surface area contributed by atoms with Gasteiger partial charge in [-0.05, 0) is 17.2 Å². The molecule has 0 fully saturated rings. The highest BCUT2D eigenvalue weighted by Crippen LogP contribution is 2.25. The molecule has 0 aliphatic carbocycles. The number of hydrogen-bond donors (Lipinski definition) is 0. The molecule has 0 saturated heterocycles. The average molecular weight is 364 g/mol. The molecule has 5 heteroatoms. The van der Waals surface area contributed by atoms with E-state index in [9.17, 15) is 8.42 Å². The van der Waals surface area contributed by atoms with Crippen molar-refractivity contribution in [1.82, 2.24) is 3.97 Å². The highest BCUT2D eigenvalue weighted by molar-refractivity contribution is 9.08. The summed E-state index contributed by atoms with van der Waals surface area (Å²) in [7, 11) is -3.43. The highest BCUT2D eigenvalue weighted by Gasteiger charge is 2.18. The van der Waals surface area contributed by atoms with Crippen molar-refractivity contribution in [2.45, 2.75) is 11.1 Å². The molecule has 0 saturated carbocycles. The fraction of sp³-hybridized carbons (Fsp3) is 0.125. The fourth-order valence-electron chi connectivity index (χ4n) is 2.41. The first kappa shape index (κ1) is 14.4. The van der Waals surface area contributed by atoms with Crippen molar-refractivity contribution in [1.29, 1.82) is 0 Å². The number of alkyl halides is 1. The number of benzene rings is 2. The monoisotopic (exact) mass is 363 g/mol. The van der Waals surface area contributed by atoms with Crippen LogP contribution < -0.4 is 0 Å². The molecule has 1 aromatic heterocycles. The van der Waals surface area contributed by atoms with Gasteiger partial charge in [-0.1, -0.05) is 64.5 Å². The van der Waals surface area contributed by atoms with Gasteiger partial charge in [0.2, 0.25) is 10.0 Å². The van der Waals surface area contributed by atoms with E-state index in [-0.39, 0.29) is 5.75 Å². The van der Waals surface area contributed by atoms with E-state index >= 15 is 0 Å². The maximum absolute atomic E-state index is 12.7. The first-order valence-corrected chi connectivity index (χ1v) is 9.27. The van der Waals surface area contributed by atoms with Gasteiger partial charge in [-0.25, -0.2) is 12.4 Å². The standard InChI is InChI=1S/C16H14BrNO2S/c17-10-14-11-18(16-9-5-4-8-15(14)16)21(19,20)12-13-6-2-1-3-7-13/h1-9,11H,10,12H2. The van der Waals surface area contributed by atoms with Crippen LogP contribution in [0.4, 0.5) is 0 Å². The lowest BCUT2D eigenvalue weighted by Crippen LogP contribution is -2.14. The van der Waals surface area contributed by atoms with Gasteiger partial charge < -0.3 is 0 Å². The molecule has 108 valence electrons. The van der Waals surface area contributed by atoms with Crippen LogP contribution in [0.3, 0.4) is 0 Å². The summed E-state index contributed by atoms with van der Waals surface area (Å²) in [5, 5.41) is 1.59. The third kappa shape index (κ3) is 2.76. The summed E-state index contributed by atoms with van der Waals surface area (Å²) in [4.78, 5) is 0. The molecule has 0 aliphatic heterocycles. The number of nitrogens with zero attached hydrogens (tertiary/aromatic N) is 1. The van der Waals surface area contributed by atoms with Gasteiger partial charge in [0, 0.05) is 16.9 Å². The smallest absolute Gasteiger partial charge is 0.243 e. The first-order chi connectivity index (χ1) is 10.1. The number of aromatic nitrogens is 1. The van der Waals surface area contributed by atoms with Crippen LogP contribution in [-0.4, -0.2) is 12.4 Å². The topological polar surface area (TPSA) is 39.1 Å². The highest BCUT2D eigenvalue weighted by atomic mass is 79.9. The zero-order valence-electron chi connectivity index (χ0n) is 11.2. The fourth-order valence-corrected chi connectivity index (χ4v) is 4.36. The Bertz CT molecular complexity index is 870. The minimum Gasteiger partial charge on any atom is -0.244 e. The van der Waals surface area contributed by atoms with Gasteiger partial charge in [0.15, 0.2) is 0 Å². The van der Waals surface area contributed by atoms with Gasteiger partial charge in [-0.2, -0.15) is 0 Å². The van der Waals surface area contributed by atoms with Crippen molar-refractivity contribution in [2.24, 2.45) is 0 Å². The Morgan fingerprint density at radius 3 is 2.33 bits per heavy atom. The van der Waals surface area contributed by atoms with Gasteiger partial charge in [-0.3, -0.25) is 0 Å². The number of fused-ring (bicyclic) bond motifs is 1. The molecular weight excluding hydrogens is 350 g/mol. The molecule has 0 bridgehead atoms. The lowest BCUT2D eigenvalue weighted by molar-refractivity contribution is 0.588. The van der Waals surface area contributed by atoms with Gasteiger partial charge in [-0.15, -0.1) is 0 Å². The Morgan fingerprint density at radius 2 is 1.62 bits per heavy atom. The van der Waals surface area contributed by atoms with Gasteiger partial charge in [0.25, 0.3) is 0 Å². The van der Waals surface area contributed by atoms with Crippen LogP contribution in [0.2, 0.25) is 0 Å². The molecular formula is C16H14BrNO2S. The summed E-state index contributed by atoms with van der Waals surface area (Å²) in [6.07, 6.45) is 1.71. The largest absolute Gasteiger partial charge is 0.244 e. The van der Waals surface area contributed by atoms with E-state index in [1.54, 1.807) is 6.20 Å². The summed E-state index contributed by atoms with van der Waals surface area (Å²) in [5.41, 5.74) is 2.49. The second-order valence-corrected chi connectivity index (χ2v) is 7.25. The maximum Gasteiger partial charge on any atom is 0.243 e. The van der Waals surface area contributed by atoms with E-state index in [0.29, 0.717) is 5.33 Å². The molecule has 0 atom stereocenters. The molecule has 3 rings (SSSR count). The zero-order chi connectivity index (χ0) is 14.9. The van der Waals surface area contributed by atoms with Gasteiger partial charge >= 0.3 is 0 Å². The van der Waals surface area contributed by atoms with Crippen LogP contribution in [0, 0.1) is 0 Å². The van der Waals surface area contributed by atoms with Crippen LogP contribution in [0.25, 0.3) is 10.9 Å². The van der Waals surface area contributed by atoms with Crippen LogP contribution >= 0.6 is 15.9 Å². The summed E-state index contributed by atoms with van der Waals surface area (Å²) >= 11 is 3.42. The molecule has 1 heterocycles. The third-order valence-electron chi connectivity index (χ3n) is 3.40. The van der Waals surface area contributed by atoms with Crippen molar-refractivity contribution in [3.63, 3.8) is 0 Å². The molecule has 2 aromatic carbocycles. The Morgan fingerprint density at radius 1 is 0.952 bits per heavy atom. The summed E-state index contributed by atoms with van der Waals surface area (Å²) < 4.78 is 26.8. The minimum atomic E-state index is -3.43. The minimum absolute atomic E-state index is 0.00571. The van der Waals surface area contributed by atoms with Crippen LogP contribution in [0.5, 0.6) is 0 Å². The lowest BCUT2D eigenvalue weighted by Gasteiger charge is -2.07. The molecule has 3 nitrogen and oxygen atoms in total. The van der Waals surface area contributed by atoms with E-state index in [1.807, 2.05) is 54.6 Å². The van der Waals surface area contributed by atoms with Crippen molar-refractivity contribution < 1.29 is 8.42 Å². The number of hydrogen-bond acceptors (Lipinski definition) is 2. The molecule has 0 radical (unpaired) electrons. The van der Waals surface area contributed by atoms with Crippen LogP contribution in [-0.2, 0) is 21.1 Å². The zero-order valence-corrected chi connectivity index (χ0v) is 13.6. The Hall–Kier alpha value is -1.59. The average Bonchev–Trinajstić information content (AvgIpc) is 2.87. The lowest BCUT2D eigenvalue weighted by atomic mass is 10.2. The summed E-state index contributed by atoms with van der Waals surface area (Å²) in [6, 6.07) is 16.8. The Balaban J connectivity index is 2.11. The number of halogens is 1. The van der Waals surface area contributed by atoms with Crippen LogP contribution in [0.1, 0.15) is 11.1 Å². The second-order valence-electron chi connectivity index (χ2n) is 4.84.